The van der Waals surface area contributed by atoms with E-state index in [-0.39, 0.29) is 0 Å². The van der Waals surface area contributed by atoms with Crippen LogP contribution in [0.2, 0.25) is 0 Å². The average Bonchev–Trinajstić information content (AvgIpc) is 2.36. The number of thiophene rings is 1. The molecule has 0 bridgehead atoms. The Morgan fingerprint density at radius 1 is 1.38 bits per heavy atom. The normalized spacial score (nSPS) is 30.5. The molecule has 0 aliphatic heterocycles. The monoisotopic (exact) mass is 195 g/mol. The SMILES string of the molecule is Cc1cc([C@H]2[C@H](N)C2(C)C)c(C)s1. The zero-order valence-electron chi connectivity index (χ0n) is 8.72. The molecule has 0 saturated heterocycles. The van der Waals surface area contributed by atoms with Crippen molar-refractivity contribution in [1.82, 2.24) is 0 Å². The van der Waals surface area contributed by atoms with E-state index >= 15 is 0 Å². The highest BCUT2D eigenvalue weighted by Crippen LogP contribution is 2.58. The van der Waals surface area contributed by atoms with Gasteiger partial charge >= 0.3 is 0 Å². The molecule has 2 heteroatoms. The van der Waals surface area contributed by atoms with Gasteiger partial charge in [0.15, 0.2) is 0 Å². The van der Waals surface area contributed by atoms with Crippen molar-refractivity contribution in [3.8, 4) is 0 Å². The topological polar surface area (TPSA) is 26.0 Å². The fourth-order valence-electron chi connectivity index (χ4n) is 2.23. The van der Waals surface area contributed by atoms with Crippen LogP contribution in [0.5, 0.6) is 0 Å². The molecule has 13 heavy (non-hydrogen) atoms. The summed E-state index contributed by atoms with van der Waals surface area (Å²) in [6.07, 6.45) is 0. The van der Waals surface area contributed by atoms with Crippen molar-refractivity contribution in [2.45, 2.75) is 39.7 Å². The van der Waals surface area contributed by atoms with Gasteiger partial charge in [0.2, 0.25) is 0 Å². The maximum absolute atomic E-state index is 6.06. The van der Waals surface area contributed by atoms with Gasteiger partial charge in [0, 0.05) is 21.7 Å². The van der Waals surface area contributed by atoms with Gasteiger partial charge in [-0.2, -0.15) is 0 Å². The average molecular weight is 195 g/mol. The summed E-state index contributed by atoms with van der Waals surface area (Å²) in [6.45, 7) is 8.89. The van der Waals surface area contributed by atoms with Gasteiger partial charge < -0.3 is 5.73 Å². The second-order valence-corrected chi connectivity index (χ2v) is 6.15. The summed E-state index contributed by atoms with van der Waals surface area (Å²) < 4.78 is 0. The molecular formula is C11H17NS. The molecule has 1 aliphatic carbocycles. The van der Waals surface area contributed by atoms with Gasteiger partial charge in [-0.05, 0) is 30.9 Å². The molecule has 1 aromatic heterocycles. The molecule has 1 saturated carbocycles. The van der Waals surface area contributed by atoms with E-state index < -0.39 is 0 Å². The summed E-state index contributed by atoms with van der Waals surface area (Å²) >= 11 is 1.88. The zero-order valence-corrected chi connectivity index (χ0v) is 9.53. The molecule has 0 aromatic carbocycles. The first-order valence-electron chi connectivity index (χ1n) is 4.77. The van der Waals surface area contributed by atoms with Crippen LogP contribution in [0.3, 0.4) is 0 Å². The quantitative estimate of drug-likeness (QED) is 0.732. The van der Waals surface area contributed by atoms with E-state index in [1.54, 1.807) is 0 Å². The number of nitrogens with two attached hydrogens (primary N) is 1. The number of hydrogen-bond donors (Lipinski definition) is 1. The smallest absolute Gasteiger partial charge is 0.0172 e. The predicted molar refractivity (Wildman–Crippen MR) is 58.3 cm³/mol. The summed E-state index contributed by atoms with van der Waals surface area (Å²) in [5.41, 5.74) is 7.86. The van der Waals surface area contributed by atoms with Crippen molar-refractivity contribution in [1.29, 1.82) is 0 Å². The van der Waals surface area contributed by atoms with E-state index in [4.69, 9.17) is 5.73 Å². The van der Waals surface area contributed by atoms with Crippen LogP contribution < -0.4 is 5.73 Å². The van der Waals surface area contributed by atoms with Gasteiger partial charge in [0.25, 0.3) is 0 Å². The van der Waals surface area contributed by atoms with Crippen molar-refractivity contribution in [2.75, 3.05) is 0 Å². The van der Waals surface area contributed by atoms with E-state index in [0.717, 1.165) is 0 Å². The third-order valence-electron chi connectivity index (χ3n) is 3.33. The molecule has 2 N–H and O–H groups in total. The third-order valence-corrected chi connectivity index (χ3v) is 4.31. The van der Waals surface area contributed by atoms with Crippen LogP contribution >= 0.6 is 11.3 Å². The minimum Gasteiger partial charge on any atom is -0.327 e. The third kappa shape index (κ3) is 1.24. The van der Waals surface area contributed by atoms with Crippen LogP contribution in [-0.4, -0.2) is 6.04 Å². The molecule has 1 aromatic rings. The van der Waals surface area contributed by atoms with Crippen LogP contribution in [0.15, 0.2) is 6.07 Å². The van der Waals surface area contributed by atoms with Gasteiger partial charge in [-0.3, -0.25) is 0 Å². The lowest BCUT2D eigenvalue weighted by Crippen LogP contribution is -2.06. The van der Waals surface area contributed by atoms with Gasteiger partial charge in [-0.15, -0.1) is 11.3 Å². The van der Waals surface area contributed by atoms with Gasteiger partial charge in [0.05, 0.1) is 0 Å². The highest BCUT2D eigenvalue weighted by atomic mass is 32.1. The summed E-state index contributed by atoms with van der Waals surface area (Å²) in [5.74, 6) is 0.595. The molecular weight excluding hydrogens is 178 g/mol. The summed E-state index contributed by atoms with van der Waals surface area (Å²) in [6, 6.07) is 2.67. The zero-order chi connectivity index (χ0) is 9.80. The van der Waals surface area contributed by atoms with Crippen molar-refractivity contribution in [2.24, 2.45) is 11.1 Å². The minimum atomic E-state index is 0.318. The second kappa shape index (κ2) is 2.58. The van der Waals surface area contributed by atoms with Crippen molar-refractivity contribution in [3.05, 3.63) is 21.4 Å². The summed E-state index contributed by atoms with van der Waals surface area (Å²) in [5, 5.41) is 0. The number of hydrogen-bond acceptors (Lipinski definition) is 2. The number of rotatable bonds is 1. The Balaban J connectivity index is 2.34. The van der Waals surface area contributed by atoms with E-state index in [9.17, 15) is 0 Å². The van der Waals surface area contributed by atoms with Gasteiger partial charge in [0.1, 0.15) is 0 Å². The molecule has 1 heterocycles. The van der Waals surface area contributed by atoms with E-state index in [1.807, 2.05) is 11.3 Å². The Morgan fingerprint density at radius 2 is 1.92 bits per heavy atom. The first-order valence-corrected chi connectivity index (χ1v) is 5.58. The maximum atomic E-state index is 6.06. The lowest BCUT2D eigenvalue weighted by atomic mass is 10.0. The van der Waals surface area contributed by atoms with Gasteiger partial charge in [-0.25, -0.2) is 0 Å². The van der Waals surface area contributed by atoms with Crippen LogP contribution in [0.25, 0.3) is 0 Å². The fraction of sp³-hybridized carbons (Fsp3) is 0.636. The Kier molecular flexibility index (Phi) is 1.83. The molecule has 1 nitrogen and oxygen atoms in total. The molecule has 1 aliphatic rings. The van der Waals surface area contributed by atoms with E-state index in [2.05, 4.69) is 33.8 Å². The highest BCUT2D eigenvalue weighted by molar-refractivity contribution is 7.12. The lowest BCUT2D eigenvalue weighted by Gasteiger charge is -2.00. The molecule has 2 atom stereocenters. The Labute approximate surface area is 84.0 Å². The van der Waals surface area contributed by atoms with Crippen molar-refractivity contribution < 1.29 is 0 Å². The molecule has 1 fully saturated rings. The Hall–Kier alpha value is -0.340. The molecule has 72 valence electrons. The largest absolute Gasteiger partial charge is 0.327 e. The summed E-state index contributed by atoms with van der Waals surface area (Å²) in [7, 11) is 0. The van der Waals surface area contributed by atoms with Gasteiger partial charge in [-0.1, -0.05) is 13.8 Å². The molecule has 0 unspecified atom stereocenters. The standard InChI is InChI=1S/C11H17NS/c1-6-5-8(7(2)13-6)9-10(12)11(9,3)4/h5,9-10H,12H2,1-4H3/t9-,10-/m0/s1. The second-order valence-electron chi connectivity index (χ2n) is 4.69. The first-order chi connectivity index (χ1) is 5.94. The minimum absolute atomic E-state index is 0.318. The van der Waals surface area contributed by atoms with Crippen LogP contribution in [-0.2, 0) is 0 Å². The lowest BCUT2D eigenvalue weighted by molar-refractivity contribution is 0.599. The molecule has 0 radical (unpaired) electrons. The maximum Gasteiger partial charge on any atom is 0.0172 e. The molecule has 0 spiro atoms. The van der Waals surface area contributed by atoms with Crippen LogP contribution in [0, 0.1) is 19.3 Å². The molecule has 2 rings (SSSR count). The van der Waals surface area contributed by atoms with Crippen molar-refractivity contribution in [3.63, 3.8) is 0 Å². The van der Waals surface area contributed by atoms with Crippen molar-refractivity contribution >= 4 is 11.3 Å². The first kappa shape index (κ1) is 9.22. The van der Waals surface area contributed by atoms with Crippen LogP contribution in [0.4, 0.5) is 0 Å². The Morgan fingerprint density at radius 3 is 2.23 bits per heavy atom. The van der Waals surface area contributed by atoms with E-state index in [0.29, 0.717) is 17.4 Å². The highest BCUT2D eigenvalue weighted by Gasteiger charge is 2.56. The predicted octanol–water partition coefficient (Wildman–Crippen LogP) is 2.82. The Bertz CT molecular complexity index is 338. The van der Waals surface area contributed by atoms with E-state index in [1.165, 1.54) is 15.3 Å². The number of aryl methyl sites for hydroxylation is 2. The molecule has 0 amide bonds. The summed E-state index contributed by atoms with van der Waals surface area (Å²) in [4.78, 5) is 2.85. The fourth-order valence-corrected chi connectivity index (χ4v) is 3.20. The van der Waals surface area contributed by atoms with Crippen LogP contribution in [0.1, 0.15) is 35.1 Å².